The summed E-state index contributed by atoms with van der Waals surface area (Å²) in [4.78, 5) is 23.4. The SMILES string of the molecule is CCCc1nnsc1C(=O)NCCNc1nc(C)cc(N(C)C)n1. The van der Waals surface area contributed by atoms with Crippen LogP contribution in [0.3, 0.4) is 0 Å². The lowest BCUT2D eigenvalue weighted by molar-refractivity contribution is 0.0958. The van der Waals surface area contributed by atoms with E-state index in [4.69, 9.17) is 0 Å². The third kappa shape index (κ3) is 4.85. The molecule has 0 aromatic carbocycles. The standard InChI is InChI=1S/C15H23N7OS/c1-5-6-11-13(24-21-20-11)14(23)16-7-8-17-15-18-10(2)9-12(19-15)22(3)4/h9H,5-8H2,1-4H3,(H,16,23)(H,17,18,19). The fraction of sp³-hybridized carbons (Fsp3) is 0.533. The number of carbonyl (C=O) groups excluding carboxylic acids is 1. The maximum Gasteiger partial charge on any atom is 0.265 e. The van der Waals surface area contributed by atoms with E-state index in [1.165, 1.54) is 0 Å². The number of anilines is 2. The van der Waals surface area contributed by atoms with E-state index in [1.807, 2.05) is 32.0 Å². The van der Waals surface area contributed by atoms with Crippen LogP contribution in [0.2, 0.25) is 0 Å². The minimum atomic E-state index is -0.130. The first-order valence-corrected chi connectivity index (χ1v) is 8.65. The topological polar surface area (TPSA) is 95.9 Å². The lowest BCUT2D eigenvalue weighted by Crippen LogP contribution is -2.29. The highest BCUT2D eigenvalue weighted by atomic mass is 32.1. The van der Waals surface area contributed by atoms with Crippen molar-refractivity contribution in [2.45, 2.75) is 26.7 Å². The molecule has 2 heterocycles. The summed E-state index contributed by atoms with van der Waals surface area (Å²) in [5.74, 6) is 1.27. The zero-order valence-corrected chi connectivity index (χ0v) is 15.3. The minimum absolute atomic E-state index is 0.130. The Morgan fingerprint density at radius 1 is 1.29 bits per heavy atom. The Balaban J connectivity index is 1.84. The molecule has 1 amide bonds. The van der Waals surface area contributed by atoms with Gasteiger partial charge in [0.2, 0.25) is 5.95 Å². The molecule has 9 heteroatoms. The number of nitrogens with one attached hydrogen (secondary N) is 2. The van der Waals surface area contributed by atoms with Crippen LogP contribution >= 0.6 is 11.5 Å². The molecule has 2 rings (SSSR count). The van der Waals surface area contributed by atoms with E-state index in [-0.39, 0.29) is 5.91 Å². The molecule has 2 aromatic heterocycles. The molecule has 0 bridgehead atoms. The van der Waals surface area contributed by atoms with Crippen molar-refractivity contribution in [2.24, 2.45) is 0 Å². The molecule has 2 N–H and O–H groups in total. The molecule has 0 aliphatic heterocycles. The van der Waals surface area contributed by atoms with Gasteiger partial charge in [-0.05, 0) is 24.9 Å². The quantitative estimate of drug-likeness (QED) is 0.697. The van der Waals surface area contributed by atoms with Gasteiger partial charge in [-0.2, -0.15) is 4.98 Å². The molecule has 0 aliphatic carbocycles. The number of amides is 1. The number of hydrogen-bond acceptors (Lipinski definition) is 8. The van der Waals surface area contributed by atoms with Gasteiger partial charge in [-0.1, -0.05) is 17.8 Å². The van der Waals surface area contributed by atoms with Crippen molar-refractivity contribution in [3.63, 3.8) is 0 Å². The lowest BCUT2D eigenvalue weighted by Gasteiger charge is -2.13. The Labute approximate surface area is 145 Å². The molecule has 0 radical (unpaired) electrons. The van der Waals surface area contributed by atoms with Crippen LogP contribution in [0.5, 0.6) is 0 Å². The van der Waals surface area contributed by atoms with E-state index < -0.39 is 0 Å². The second-order valence-electron chi connectivity index (χ2n) is 5.57. The summed E-state index contributed by atoms with van der Waals surface area (Å²) >= 11 is 1.14. The zero-order valence-electron chi connectivity index (χ0n) is 14.5. The van der Waals surface area contributed by atoms with Gasteiger partial charge in [0.05, 0.1) is 5.69 Å². The second-order valence-corrected chi connectivity index (χ2v) is 6.32. The van der Waals surface area contributed by atoms with Crippen LogP contribution in [0.15, 0.2) is 6.07 Å². The van der Waals surface area contributed by atoms with Crippen molar-refractivity contribution in [3.8, 4) is 0 Å². The van der Waals surface area contributed by atoms with Gasteiger partial charge in [0.25, 0.3) is 5.91 Å². The molecular weight excluding hydrogens is 326 g/mol. The Hall–Kier alpha value is -2.29. The fourth-order valence-electron chi connectivity index (χ4n) is 2.07. The molecule has 0 saturated carbocycles. The van der Waals surface area contributed by atoms with Crippen LogP contribution in [0.1, 0.15) is 34.4 Å². The number of aromatic nitrogens is 4. The van der Waals surface area contributed by atoms with Crippen LogP contribution in [-0.2, 0) is 6.42 Å². The summed E-state index contributed by atoms with van der Waals surface area (Å²) in [5, 5.41) is 10.0. The second kappa shape index (κ2) is 8.53. The average Bonchev–Trinajstić information content (AvgIpc) is 2.99. The number of carbonyl (C=O) groups is 1. The molecule has 0 aliphatic rings. The van der Waals surface area contributed by atoms with E-state index in [0.717, 1.165) is 41.6 Å². The Morgan fingerprint density at radius 3 is 2.79 bits per heavy atom. The Bertz CT molecular complexity index is 686. The first-order chi connectivity index (χ1) is 11.5. The zero-order chi connectivity index (χ0) is 17.5. The van der Waals surface area contributed by atoms with E-state index in [9.17, 15) is 4.79 Å². The van der Waals surface area contributed by atoms with Gasteiger partial charge in [-0.3, -0.25) is 4.79 Å². The van der Waals surface area contributed by atoms with Gasteiger partial charge >= 0.3 is 0 Å². The van der Waals surface area contributed by atoms with E-state index in [0.29, 0.717) is 23.9 Å². The van der Waals surface area contributed by atoms with Gasteiger partial charge in [-0.25, -0.2) is 4.98 Å². The lowest BCUT2D eigenvalue weighted by atomic mass is 10.2. The maximum atomic E-state index is 12.2. The van der Waals surface area contributed by atoms with Crippen molar-refractivity contribution in [3.05, 3.63) is 22.3 Å². The summed E-state index contributed by atoms with van der Waals surface area (Å²) in [6.45, 7) is 4.98. The van der Waals surface area contributed by atoms with Gasteiger partial charge < -0.3 is 15.5 Å². The van der Waals surface area contributed by atoms with Crippen LogP contribution in [-0.4, -0.2) is 52.6 Å². The Morgan fingerprint density at radius 2 is 2.08 bits per heavy atom. The summed E-state index contributed by atoms with van der Waals surface area (Å²) in [5.41, 5.74) is 1.66. The highest BCUT2D eigenvalue weighted by molar-refractivity contribution is 7.08. The van der Waals surface area contributed by atoms with E-state index in [2.05, 4.69) is 37.1 Å². The molecule has 0 unspecified atom stereocenters. The first kappa shape index (κ1) is 18.1. The molecule has 0 atom stereocenters. The molecule has 2 aromatic rings. The molecular formula is C15H23N7OS. The molecule has 0 fully saturated rings. The third-order valence-electron chi connectivity index (χ3n) is 3.24. The van der Waals surface area contributed by atoms with Crippen molar-refractivity contribution >= 4 is 29.2 Å². The number of aryl methyl sites for hydroxylation is 2. The summed E-state index contributed by atoms with van der Waals surface area (Å²) in [6, 6.07) is 1.92. The summed E-state index contributed by atoms with van der Waals surface area (Å²) < 4.78 is 3.86. The van der Waals surface area contributed by atoms with Crippen molar-refractivity contribution in [1.29, 1.82) is 0 Å². The van der Waals surface area contributed by atoms with Crippen LogP contribution in [0.25, 0.3) is 0 Å². The van der Waals surface area contributed by atoms with Crippen LogP contribution in [0, 0.1) is 6.92 Å². The molecule has 24 heavy (non-hydrogen) atoms. The first-order valence-electron chi connectivity index (χ1n) is 7.87. The highest BCUT2D eigenvalue weighted by Gasteiger charge is 2.15. The maximum absolute atomic E-state index is 12.2. The summed E-state index contributed by atoms with van der Waals surface area (Å²) in [6.07, 6.45) is 1.70. The van der Waals surface area contributed by atoms with Gasteiger partial charge in [0, 0.05) is 38.9 Å². The molecule has 0 spiro atoms. The normalized spacial score (nSPS) is 10.5. The van der Waals surface area contributed by atoms with E-state index in [1.54, 1.807) is 0 Å². The average molecular weight is 349 g/mol. The monoisotopic (exact) mass is 349 g/mol. The van der Waals surface area contributed by atoms with Crippen LogP contribution < -0.4 is 15.5 Å². The number of nitrogens with zero attached hydrogens (tertiary/aromatic N) is 5. The van der Waals surface area contributed by atoms with Gasteiger partial charge in [-0.15, -0.1) is 5.10 Å². The van der Waals surface area contributed by atoms with Crippen LogP contribution in [0.4, 0.5) is 11.8 Å². The van der Waals surface area contributed by atoms with Gasteiger partial charge in [0.15, 0.2) is 0 Å². The van der Waals surface area contributed by atoms with E-state index >= 15 is 0 Å². The van der Waals surface area contributed by atoms with Crippen molar-refractivity contribution in [2.75, 3.05) is 37.4 Å². The molecule has 0 saturated heterocycles. The Kier molecular flexibility index (Phi) is 6.42. The third-order valence-corrected chi connectivity index (χ3v) is 4.01. The fourth-order valence-corrected chi connectivity index (χ4v) is 2.70. The molecule has 130 valence electrons. The van der Waals surface area contributed by atoms with Gasteiger partial charge in [0.1, 0.15) is 10.7 Å². The predicted octanol–water partition coefficient (Wildman–Crippen LogP) is 1.50. The summed E-state index contributed by atoms with van der Waals surface area (Å²) in [7, 11) is 3.87. The number of hydrogen-bond donors (Lipinski definition) is 2. The number of rotatable bonds is 8. The largest absolute Gasteiger partial charge is 0.363 e. The predicted molar refractivity (Wildman–Crippen MR) is 95.8 cm³/mol. The smallest absolute Gasteiger partial charge is 0.265 e. The van der Waals surface area contributed by atoms with Crippen molar-refractivity contribution < 1.29 is 4.79 Å². The molecule has 8 nitrogen and oxygen atoms in total. The minimum Gasteiger partial charge on any atom is -0.363 e. The van der Waals surface area contributed by atoms with Crippen molar-refractivity contribution in [1.82, 2.24) is 24.9 Å². The highest BCUT2D eigenvalue weighted by Crippen LogP contribution is 2.13.